The predicted octanol–water partition coefficient (Wildman–Crippen LogP) is 1.91. The molecule has 1 fully saturated rings. The SMILES string of the molecule is CC(N)c1ccc(OCC2CCOCC2)nc1. The molecule has 2 heterocycles. The summed E-state index contributed by atoms with van der Waals surface area (Å²) >= 11 is 0. The van der Waals surface area contributed by atoms with Crippen LogP contribution < -0.4 is 10.5 Å². The van der Waals surface area contributed by atoms with E-state index < -0.39 is 0 Å². The molecule has 94 valence electrons. The van der Waals surface area contributed by atoms with Crippen LogP contribution in [0.1, 0.15) is 31.4 Å². The Hall–Kier alpha value is -1.13. The van der Waals surface area contributed by atoms with Gasteiger partial charge in [0.2, 0.25) is 5.88 Å². The maximum atomic E-state index is 5.76. The highest BCUT2D eigenvalue weighted by Gasteiger charge is 2.14. The van der Waals surface area contributed by atoms with E-state index in [0.717, 1.165) is 38.2 Å². The van der Waals surface area contributed by atoms with Gasteiger partial charge in [-0.25, -0.2) is 4.98 Å². The Morgan fingerprint density at radius 3 is 2.82 bits per heavy atom. The fourth-order valence-electron chi connectivity index (χ4n) is 1.86. The first-order valence-corrected chi connectivity index (χ1v) is 6.18. The van der Waals surface area contributed by atoms with Gasteiger partial charge in [-0.1, -0.05) is 6.07 Å². The van der Waals surface area contributed by atoms with Gasteiger partial charge in [0, 0.05) is 31.5 Å². The summed E-state index contributed by atoms with van der Waals surface area (Å²) in [6, 6.07) is 3.88. The summed E-state index contributed by atoms with van der Waals surface area (Å²) in [5.74, 6) is 1.28. The van der Waals surface area contributed by atoms with Crippen LogP contribution in [0.3, 0.4) is 0 Å². The van der Waals surface area contributed by atoms with Gasteiger partial charge < -0.3 is 15.2 Å². The zero-order chi connectivity index (χ0) is 12.1. The van der Waals surface area contributed by atoms with Gasteiger partial charge in [-0.15, -0.1) is 0 Å². The Balaban J connectivity index is 1.82. The molecule has 4 heteroatoms. The molecular weight excluding hydrogens is 216 g/mol. The number of aromatic nitrogens is 1. The summed E-state index contributed by atoms with van der Waals surface area (Å²) < 4.78 is 11.0. The molecule has 0 spiro atoms. The van der Waals surface area contributed by atoms with E-state index in [-0.39, 0.29) is 6.04 Å². The van der Waals surface area contributed by atoms with Crippen molar-refractivity contribution in [3.63, 3.8) is 0 Å². The number of pyridine rings is 1. The Labute approximate surface area is 102 Å². The molecule has 1 atom stereocenters. The molecule has 0 amide bonds. The molecule has 0 saturated carbocycles. The summed E-state index contributed by atoms with van der Waals surface area (Å²) in [5, 5.41) is 0. The molecule has 1 aliphatic rings. The minimum atomic E-state index is 0.0204. The topological polar surface area (TPSA) is 57.4 Å². The third-order valence-corrected chi connectivity index (χ3v) is 3.09. The van der Waals surface area contributed by atoms with E-state index in [9.17, 15) is 0 Å². The summed E-state index contributed by atoms with van der Waals surface area (Å²) in [6.45, 7) is 4.38. The van der Waals surface area contributed by atoms with Crippen LogP contribution in [0, 0.1) is 5.92 Å². The van der Waals surface area contributed by atoms with Crippen molar-refractivity contribution in [1.29, 1.82) is 0 Å². The summed E-state index contributed by atoms with van der Waals surface area (Å²) in [6.07, 6.45) is 3.94. The van der Waals surface area contributed by atoms with Crippen LogP contribution in [0.25, 0.3) is 0 Å². The lowest BCUT2D eigenvalue weighted by Crippen LogP contribution is -2.21. The molecule has 2 rings (SSSR count). The number of nitrogens with zero attached hydrogens (tertiary/aromatic N) is 1. The van der Waals surface area contributed by atoms with Crippen molar-refractivity contribution < 1.29 is 9.47 Å². The highest BCUT2D eigenvalue weighted by atomic mass is 16.5. The van der Waals surface area contributed by atoms with Crippen molar-refractivity contribution >= 4 is 0 Å². The second-order valence-corrected chi connectivity index (χ2v) is 4.59. The van der Waals surface area contributed by atoms with E-state index in [2.05, 4.69) is 4.98 Å². The molecule has 1 aromatic rings. The molecule has 0 radical (unpaired) electrons. The standard InChI is InChI=1S/C13H20N2O2/c1-10(14)12-2-3-13(15-8-12)17-9-11-4-6-16-7-5-11/h2-3,8,10-11H,4-7,9,14H2,1H3. The Kier molecular flexibility index (Phi) is 4.34. The van der Waals surface area contributed by atoms with Crippen molar-refractivity contribution in [2.75, 3.05) is 19.8 Å². The van der Waals surface area contributed by atoms with Crippen molar-refractivity contribution in [2.45, 2.75) is 25.8 Å². The Bertz CT molecular complexity index is 332. The monoisotopic (exact) mass is 236 g/mol. The van der Waals surface area contributed by atoms with Crippen LogP contribution in [0.15, 0.2) is 18.3 Å². The van der Waals surface area contributed by atoms with Crippen molar-refractivity contribution in [3.05, 3.63) is 23.9 Å². The average Bonchev–Trinajstić information content (AvgIpc) is 2.38. The van der Waals surface area contributed by atoms with E-state index in [4.69, 9.17) is 15.2 Å². The fraction of sp³-hybridized carbons (Fsp3) is 0.615. The van der Waals surface area contributed by atoms with Crippen molar-refractivity contribution in [3.8, 4) is 5.88 Å². The second kappa shape index (κ2) is 5.98. The van der Waals surface area contributed by atoms with Crippen molar-refractivity contribution in [1.82, 2.24) is 4.98 Å². The fourth-order valence-corrected chi connectivity index (χ4v) is 1.86. The second-order valence-electron chi connectivity index (χ2n) is 4.59. The van der Waals surface area contributed by atoms with E-state index in [1.54, 1.807) is 6.20 Å². The van der Waals surface area contributed by atoms with Gasteiger partial charge in [-0.2, -0.15) is 0 Å². The first kappa shape index (κ1) is 12.3. The van der Waals surface area contributed by atoms with Crippen LogP contribution >= 0.6 is 0 Å². The number of hydrogen-bond donors (Lipinski definition) is 1. The van der Waals surface area contributed by atoms with Crippen LogP contribution in [-0.4, -0.2) is 24.8 Å². The van der Waals surface area contributed by atoms with Gasteiger partial charge in [-0.3, -0.25) is 0 Å². The quantitative estimate of drug-likeness (QED) is 0.867. The average molecular weight is 236 g/mol. The van der Waals surface area contributed by atoms with E-state index in [0.29, 0.717) is 11.8 Å². The van der Waals surface area contributed by atoms with Crippen LogP contribution in [-0.2, 0) is 4.74 Å². The van der Waals surface area contributed by atoms with Gasteiger partial charge in [0.25, 0.3) is 0 Å². The minimum Gasteiger partial charge on any atom is -0.477 e. The normalized spacial score (nSPS) is 18.9. The van der Waals surface area contributed by atoms with Gasteiger partial charge >= 0.3 is 0 Å². The number of nitrogens with two attached hydrogens (primary N) is 1. The summed E-state index contributed by atoms with van der Waals surface area (Å²) in [5.41, 5.74) is 6.79. The minimum absolute atomic E-state index is 0.0204. The molecule has 2 N–H and O–H groups in total. The zero-order valence-electron chi connectivity index (χ0n) is 10.3. The van der Waals surface area contributed by atoms with Crippen LogP contribution in [0.4, 0.5) is 0 Å². The molecule has 4 nitrogen and oxygen atoms in total. The maximum absolute atomic E-state index is 5.76. The van der Waals surface area contributed by atoms with E-state index in [1.165, 1.54) is 0 Å². The largest absolute Gasteiger partial charge is 0.477 e. The lowest BCUT2D eigenvalue weighted by molar-refractivity contribution is 0.0490. The van der Waals surface area contributed by atoms with Gasteiger partial charge in [0.05, 0.1) is 6.61 Å². The Morgan fingerprint density at radius 2 is 2.24 bits per heavy atom. The molecular formula is C13H20N2O2. The highest BCUT2D eigenvalue weighted by molar-refractivity contribution is 5.19. The molecule has 0 aliphatic carbocycles. The molecule has 17 heavy (non-hydrogen) atoms. The molecule has 0 aromatic carbocycles. The van der Waals surface area contributed by atoms with E-state index >= 15 is 0 Å². The molecule has 1 aromatic heterocycles. The first-order chi connectivity index (χ1) is 8.25. The van der Waals surface area contributed by atoms with E-state index in [1.807, 2.05) is 19.1 Å². The number of rotatable bonds is 4. The number of hydrogen-bond acceptors (Lipinski definition) is 4. The van der Waals surface area contributed by atoms with Crippen LogP contribution in [0.2, 0.25) is 0 Å². The zero-order valence-corrected chi connectivity index (χ0v) is 10.3. The summed E-state index contributed by atoms with van der Waals surface area (Å²) in [4.78, 5) is 4.25. The number of ether oxygens (including phenoxy) is 2. The highest BCUT2D eigenvalue weighted by Crippen LogP contribution is 2.17. The smallest absolute Gasteiger partial charge is 0.213 e. The lowest BCUT2D eigenvalue weighted by Gasteiger charge is -2.21. The summed E-state index contributed by atoms with van der Waals surface area (Å²) in [7, 11) is 0. The third-order valence-electron chi connectivity index (χ3n) is 3.09. The first-order valence-electron chi connectivity index (χ1n) is 6.18. The van der Waals surface area contributed by atoms with Gasteiger partial charge in [0.15, 0.2) is 0 Å². The molecule has 1 saturated heterocycles. The Morgan fingerprint density at radius 1 is 1.47 bits per heavy atom. The van der Waals surface area contributed by atoms with Crippen molar-refractivity contribution in [2.24, 2.45) is 11.7 Å². The predicted molar refractivity (Wildman–Crippen MR) is 65.9 cm³/mol. The lowest BCUT2D eigenvalue weighted by atomic mass is 10.0. The van der Waals surface area contributed by atoms with Gasteiger partial charge in [-0.05, 0) is 31.2 Å². The molecule has 1 aliphatic heterocycles. The maximum Gasteiger partial charge on any atom is 0.213 e. The third kappa shape index (κ3) is 3.68. The molecule has 1 unspecified atom stereocenters. The molecule has 0 bridgehead atoms. The van der Waals surface area contributed by atoms with Gasteiger partial charge in [0.1, 0.15) is 0 Å². The van der Waals surface area contributed by atoms with Crippen LogP contribution in [0.5, 0.6) is 5.88 Å².